The van der Waals surface area contributed by atoms with Crippen molar-refractivity contribution in [3.63, 3.8) is 0 Å². The van der Waals surface area contributed by atoms with Gasteiger partial charge in [-0.25, -0.2) is 0 Å². The molecule has 0 aromatic heterocycles. The molecule has 2 nitrogen and oxygen atoms in total. The molecular weight excluding hydrogens is 267 g/mol. The molecule has 0 saturated carbocycles. The van der Waals surface area contributed by atoms with Gasteiger partial charge in [-0.3, -0.25) is 0 Å². The second-order valence-corrected chi connectivity index (χ2v) is 6.76. The zero-order chi connectivity index (χ0) is 14.4. The molecule has 0 N–H and O–H groups in total. The van der Waals surface area contributed by atoms with Gasteiger partial charge in [-0.05, 0) is 26.2 Å². The largest absolute Gasteiger partial charge is 0.496 e. The Labute approximate surface area is 122 Å². The van der Waals surface area contributed by atoms with E-state index in [4.69, 9.17) is 9.47 Å². The Balaban J connectivity index is 2.50. The summed E-state index contributed by atoms with van der Waals surface area (Å²) in [6, 6.07) is 16.6. The number of rotatable bonds is 6. The van der Waals surface area contributed by atoms with Gasteiger partial charge >= 0.3 is 0 Å². The van der Waals surface area contributed by atoms with E-state index in [1.54, 1.807) is 14.2 Å². The van der Waals surface area contributed by atoms with Crippen LogP contribution in [0.3, 0.4) is 0 Å². The number of hydrogen-bond donors (Lipinski definition) is 0. The van der Waals surface area contributed by atoms with Gasteiger partial charge in [0.1, 0.15) is 11.5 Å². The molecule has 2 rings (SSSR count). The van der Waals surface area contributed by atoms with Crippen LogP contribution in [0.2, 0.25) is 0 Å². The summed E-state index contributed by atoms with van der Waals surface area (Å²) in [6.45, 7) is 2.22. The summed E-state index contributed by atoms with van der Waals surface area (Å²) < 4.78 is 11.1. The average Bonchev–Trinajstić information content (AvgIpc) is 2.52. The van der Waals surface area contributed by atoms with Gasteiger partial charge in [0.25, 0.3) is 0 Å². The Kier molecular flexibility index (Phi) is 5.43. The van der Waals surface area contributed by atoms with E-state index in [1.807, 2.05) is 24.3 Å². The van der Waals surface area contributed by atoms with E-state index in [1.165, 1.54) is 10.6 Å². The molecule has 0 saturated heterocycles. The van der Waals surface area contributed by atoms with Gasteiger partial charge in [0.15, 0.2) is 0 Å². The Morgan fingerprint density at radius 2 is 1.25 bits per heavy atom. The number of ether oxygens (including phenoxy) is 2. The van der Waals surface area contributed by atoms with Crippen LogP contribution in [-0.2, 0) is 0 Å². The number of para-hydroxylation sites is 2. The first-order chi connectivity index (χ1) is 9.81. The highest BCUT2D eigenvalue weighted by Crippen LogP contribution is 2.40. The minimum Gasteiger partial charge on any atom is -0.496 e. The van der Waals surface area contributed by atoms with Crippen molar-refractivity contribution in [2.75, 3.05) is 20.4 Å². The van der Waals surface area contributed by atoms with Crippen molar-refractivity contribution < 1.29 is 9.47 Å². The van der Waals surface area contributed by atoms with Crippen LogP contribution < -0.4 is 20.1 Å². The van der Waals surface area contributed by atoms with E-state index in [0.717, 1.165) is 24.1 Å². The molecule has 0 fully saturated rings. The van der Waals surface area contributed by atoms with Gasteiger partial charge in [-0.15, -0.1) is 0 Å². The minimum absolute atomic E-state index is 0.454. The molecule has 0 radical (unpaired) electrons. The highest BCUT2D eigenvalue weighted by atomic mass is 31.1. The molecule has 0 atom stereocenters. The third-order valence-electron chi connectivity index (χ3n) is 3.20. The van der Waals surface area contributed by atoms with Gasteiger partial charge in [-0.2, -0.15) is 0 Å². The van der Waals surface area contributed by atoms with Crippen LogP contribution in [0.15, 0.2) is 48.5 Å². The van der Waals surface area contributed by atoms with Crippen LogP contribution in [0.4, 0.5) is 0 Å². The van der Waals surface area contributed by atoms with Crippen molar-refractivity contribution in [2.45, 2.75) is 13.3 Å². The van der Waals surface area contributed by atoms with E-state index < -0.39 is 7.92 Å². The topological polar surface area (TPSA) is 18.5 Å². The molecule has 0 heterocycles. The van der Waals surface area contributed by atoms with Gasteiger partial charge < -0.3 is 9.47 Å². The number of hydrogen-bond acceptors (Lipinski definition) is 2. The fraction of sp³-hybridized carbons (Fsp3) is 0.294. The predicted octanol–water partition coefficient (Wildman–Crippen LogP) is 3.55. The van der Waals surface area contributed by atoms with Crippen molar-refractivity contribution >= 4 is 18.5 Å². The van der Waals surface area contributed by atoms with Gasteiger partial charge in [0.2, 0.25) is 0 Å². The summed E-state index contributed by atoms with van der Waals surface area (Å²) in [5.74, 6) is 1.94. The molecule has 0 aliphatic rings. The molecule has 2 aromatic rings. The monoisotopic (exact) mass is 288 g/mol. The van der Waals surface area contributed by atoms with Crippen LogP contribution in [0.1, 0.15) is 13.3 Å². The van der Waals surface area contributed by atoms with E-state index in [9.17, 15) is 0 Å². The first kappa shape index (κ1) is 14.9. The van der Waals surface area contributed by atoms with Crippen molar-refractivity contribution in [3.05, 3.63) is 48.5 Å². The lowest BCUT2D eigenvalue weighted by molar-refractivity contribution is 0.417. The summed E-state index contributed by atoms with van der Waals surface area (Å²) >= 11 is 0. The molecule has 0 spiro atoms. The molecule has 3 heteroatoms. The molecule has 0 amide bonds. The highest BCUT2D eigenvalue weighted by Gasteiger charge is 2.19. The molecule has 0 bridgehead atoms. The smallest absolute Gasteiger partial charge is 0.126 e. The molecule has 106 valence electrons. The quantitative estimate of drug-likeness (QED) is 0.757. The van der Waals surface area contributed by atoms with E-state index in [2.05, 4.69) is 31.2 Å². The third-order valence-corrected chi connectivity index (χ3v) is 6.00. The number of benzene rings is 2. The molecule has 2 aromatic carbocycles. The summed E-state index contributed by atoms with van der Waals surface area (Å²) in [5, 5.41) is 2.58. The van der Waals surface area contributed by atoms with Crippen LogP contribution in [0, 0.1) is 0 Å². The maximum Gasteiger partial charge on any atom is 0.126 e. The second-order valence-electron chi connectivity index (χ2n) is 4.50. The van der Waals surface area contributed by atoms with Crippen molar-refractivity contribution in [2.24, 2.45) is 0 Å². The Morgan fingerprint density at radius 3 is 1.65 bits per heavy atom. The van der Waals surface area contributed by atoms with Crippen LogP contribution in [0.25, 0.3) is 0 Å². The summed E-state index contributed by atoms with van der Waals surface area (Å²) in [6.07, 6.45) is 2.28. The first-order valence-corrected chi connectivity index (χ1v) is 8.38. The fourth-order valence-electron chi connectivity index (χ4n) is 2.30. The minimum atomic E-state index is -0.454. The summed E-state index contributed by atoms with van der Waals surface area (Å²) in [5.41, 5.74) is 0. The Bertz CT molecular complexity index is 507. The maximum atomic E-state index is 5.54. The fourth-order valence-corrected chi connectivity index (χ4v) is 4.88. The number of methoxy groups -OCH3 is 2. The summed E-state index contributed by atoms with van der Waals surface area (Å²) in [7, 11) is 3.02. The predicted molar refractivity (Wildman–Crippen MR) is 87.3 cm³/mol. The van der Waals surface area contributed by atoms with E-state index in [-0.39, 0.29) is 0 Å². The first-order valence-electron chi connectivity index (χ1n) is 6.85. The molecular formula is C17H21O2P. The van der Waals surface area contributed by atoms with Crippen LogP contribution >= 0.6 is 7.92 Å². The lowest BCUT2D eigenvalue weighted by Gasteiger charge is -2.22. The van der Waals surface area contributed by atoms with Gasteiger partial charge in [0.05, 0.1) is 14.2 Å². The zero-order valence-corrected chi connectivity index (χ0v) is 13.2. The van der Waals surface area contributed by atoms with Gasteiger partial charge in [0, 0.05) is 10.6 Å². The molecule has 0 aliphatic carbocycles. The lowest BCUT2D eigenvalue weighted by Crippen LogP contribution is -2.17. The van der Waals surface area contributed by atoms with E-state index >= 15 is 0 Å². The van der Waals surface area contributed by atoms with Crippen LogP contribution in [-0.4, -0.2) is 20.4 Å². The lowest BCUT2D eigenvalue weighted by atomic mass is 10.3. The van der Waals surface area contributed by atoms with Crippen molar-refractivity contribution in [1.29, 1.82) is 0 Å². The summed E-state index contributed by atoms with van der Waals surface area (Å²) in [4.78, 5) is 0. The van der Waals surface area contributed by atoms with E-state index in [0.29, 0.717) is 0 Å². The molecule has 0 unspecified atom stereocenters. The zero-order valence-electron chi connectivity index (χ0n) is 12.3. The Morgan fingerprint density at radius 1 is 0.800 bits per heavy atom. The average molecular weight is 288 g/mol. The van der Waals surface area contributed by atoms with Crippen molar-refractivity contribution in [1.82, 2.24) is 0 Å². The molecule has 0 aliphatic heterocycles. The normalized spacial score (nSPS) is 10.6. The third kappa shape index (κ3) is 3.13. The Hall–Kier alpha value is -1.53. The molecule has 20 heavy (non-hydrogen) atoms. The van der Waals surface area contributed by atoms with Crippen molar-refractivity contribution in [3.8, 4) is 11.5 Å². The second kappa shape index (κ2) is 7.31. The standard InChI is InChI=1S/C17H21O2P/c1-4-13-20(16-11-7-5-9-14(16)18-2)17-12-8-6-10-15(17)19-3/h5-12H,4,13H2,1-3H3. The van der Waals surface area contributed by atoms with Gasteiger partial charge in [-0.1, -0.05) is 49.7 Å². The van der Waals surface area contributed by atoms with Crippen LogP contribution in [0.5, 0.6) is 11.5 Å². The highest BCUT2D eigenvalue weighted by molar-refractivity contribution is 7.73. The maximum absolute atomic E-state index is 5.54. The SMILES string of the molecule is CCCP(c1ccccc1OC)c1ccccc1OC.